The first-order valence-electron chi connectivity index (χ1n) is 9.90. The average molecular weight is 422 g/mol. The molecule has 152 valence electrons. The molecule has 1 aliphatic rings. The van der Waals surface area contributed by atoms with Gasteiger partial charge in [-0.3, -0.25) is 4.98 Å². The van der Waals surface area contributed by atoms with E-state index in [1.54, 1.807) is 18.5 Å². The minimum atomic E-state index is -0.383. The number of nitrogens with two attached hydrogens (primary N) is 1. The largest absolute Gasteiger partial charge is 0.369 e. The van der Waals surface area contributed by atoms with Crippen LogP contribution in [0.3, 0.4) is 0 Å². The van der Waals surface area contributed by atoms with Gasteiger partial charge < -0.3 is 15.6 Å². The van der Waals surface area contributed by atoms with E-state index >= 15 is 0 Å². The lowest BCUT2D eigenvalue weighted by Gasteiger charge is -2.24. The maximum absolute atomic E-state index is 14.1. The van der Waals surface area contributed by atoms with Crippen molar-refractivity contribution in [3.05, 3.63) is 65.2 Å². The molecule has 0 amide bonds. The van der Waals surface area contributed by atoms with Crippen molar-refractivity contribution in [2.75, 3.05) is 18.0 Å². The van der Waals surface area contributed by atoms with Crippen LogP contribution >= 0.6 is 11.6 Å². The van der Waals surface area contributed by atoms with E-state index in [1.165, 1.54) is 12.1 Å². The molecule has 2 aromatic heterocycles. The van der Waals surface area contributed by atoms with Crippen LogP contribution in [0.2, 0.25) is 5.02 Å². The van der Waals surface area contributed by atoms with Gasteiger partial charge in [0.05, 0.1) is 22.3 Å². The molecule has 0 unspecified atom stereocenters. The Morgan fingerprint density at radius 1 is 1.20 bits per heavy atom. The standard InChI is InChI=1S/C23H21ClFN5/c1-13-3-2-4-20-21(13)29-23(28-20)19-11-27-10-18(14-7-15(24)9-16(25)8-14)22(19)30-6-5-17(26)12-30/h2-4,7-11,17H,5-6,12,26H2,1H3,(H,28,29)/t17-/m0/s1. The van der Waals surface area contributed by atoms with Crippen LogP contribution in [-0.2, 0) is 0 Å². The van der Waals surface area contributed by atoms with Crippen molar-refractivity contribution in [3.8, 4) is 22.5 Å². The van der Waals surface area contributed by atoms with Crippen molar-refractivity contribution < 1.29 is 4.39 Å². The number of fused-ring (bicyclic) bond motifs is 1. The lowest BCUT2D eigenvalue weighted by Crippen LogP contribution is -2.27. The Kier molecular flexibility index (Phi) is 4.68. The number of benzene rings is 2. The number of nitrogens with zero attached hydrogens (tertiary/aromatic N) is 3. The first-order chi connectivity index (χ1) is 14.5. The zero-order valence-electron chi connectivity index (χ0n) is 16.5. The Hall–Kier alpha value is -2.96. The third kappa shape index (κ3) is 3.32. The number of para-hydroxylation sites is 1. The highest BCUT2D eigenvalue weighted by molar-refractivity contribution is 6.30. The first-order valence-corrected chi connectivity index (χ1v) is 10.3. The van der Waals surface area contributed by atoms with Crippen LogP contribution in [0, 0.1) is 12.7 Å². The van der Waals surface area contributed by atoms with Crippen LogP contribution in [0.1, 0.15) is 12.0 Å². The summed E-state index contributed by atoms with van der Waals surface area (Å²) < 4.78 is 14.1. The maximum Gasteiger partial charge on any atom is 0.142 e. The molecule has 1 atom stereocenters. The molecule has 3 N–H and O–H groups in total. The van der Waals surface area contributed by atoms with Gasteiger partial charge >= 0.3 is 0 Å². The minimum absolute atomic E-state index is 0.0906. The number of pyridine rings is 1. The number of hydrogen-bond acceptors (Lipinski definition) is 4. The number of aryl methyl sites for hydroxylation is 1. The Morgan fingerprint density at radius 2 is 2.03 bits per heavy atom. The number of rotatable bonds is 3. The van der Waals surface area contributed by atoms with Gasteiger partial charge in [0, 0.05) is 42.1 Å². The van der Waals surface area contributed by atoms with E-state index in [0.717, 1.165) is 52.2 Å². The molecule has 30 heavy (non-hydrogen) atoms. The van der Waals surface area contributed by atoms with Gasteiger partial charge in [0.1, 0.15) is 11.6 Å². The SMILES string of the molecule is Cc1cccc2[nH]c(-c3cncc(-c4cc(F)cc(Cl)c4)c3N3CC[C@H](N)C3)nc12. The molecule has 7 heteroatoms. The van der Waals surface area contributed by atoms with E-state index in [0.29, 0.717) is 17.1 Å². The molecule has 0 spiro atoms. The summed E-state index contributed by atoms with van der Waals surface area (Å²) in [7, 11) is 0. The smallest absolute Gasteiger partial charge is 0.142 e. The molecule has 0 aliphatic carbocycles. The van der Waals surface area contributed by atoms with Crippen molar-refractivity contribution in [3.63, 3.8) is 0 Å². The van der Waals surface area contributed by atoms with E-state index in [9.17, 15) is 4.39 Å². The molecule has 1 aliphatic heterocycles. The number of aromatic nitrogens is 3. The van der Waals surface area contributed by atoms with Crippen LogP contribution in [0.25, 0.3) is 33.5 Å². The molecule has 3 heterocycles. The van der Waals surface area contributed by atoms with Gasteiger partial charge in [-0.25, -0.2) is 9.37 Å². The third-order valence-electron chi connectivity index (χ3n) is 5.60. The number of nitrogens with one attached hydrogen (secondary N) is 1. The van der Waals surface area contributed by atoms with Crippen LogP contribution < -0.4 is 10.6 Å². The predicted molar refractivity (Wildman–Crippen MR) is 119 cm³/mol. The van der Waals surface area contributed by atoms with E-state index < -0.39 is 0 Å². The Labute approximate surface area is 178 Å². The fourth-order valence-corrected chi connectivity index (χ4v) is 4.40. The van der Waals surface area contributed by atoms with E-state index in [4.69, 9.17) is 22.3 Å². The summed E-state index contributed by atoms with van der Waals surface area (Å²) in [6.07, 6.45) is 4.45. The highest BCUT2D eigenvalue weighted by Crippen LogP contribution is 2.40. The summed E-state index contributed by atoms with van der Waals surface area (Å²) in [5.74, 6) is 0.345. The van der Waals surface area contributed by atoms with Crippen molar-refractivity contribution in [1.82, 2.24) is 15.0 Å². The number of hydrogen-bond donors (Lipinski definition) is 2. The Bertz CT molecular complexity index is 1230. The molecule has 1 saturated heterocycles. The van der Waals surface area contributed by atoms with Gasteiger partial charge in [-0.05, 0) is 48.7 Å². The van der Waals surface area contributed by atoms with E-state index in [1.807, 2.05) is 25.1 Å². The number of H-pyrrole nitrogens is 1. The molecule has 5 rings (SSSR count). The summed E-state index contributed by atoms with van der Waals surface area (Å²) in [5, 5.41) is 0.346. The molecular weight excluding hydrogens is 401 g/mol. The molecular formula is C23H21ClFN5. The van der Waals surface area contributed by atoms with Gasteiger partial charge in [-0.2, -0.15) is 0 Å². The molecule has 0 saturated carbocycles. The van der Waals surface area contributed by atoms with Crippen molar-refractivity contribution in [2.24, 2.45) is 5.73 Å². The van der Waals surface area contributed by atoms with E-state index in [2.05, 4.69) is 14.9 Å². The molecule has 4 aromatic rings. The van der Waals surface area contributed by atoms with Crippen LogP contribution in [0.15, 0.2) is 48.8 Å². The quantitative estimate of drug-likeness (QED) is 0.492. The summed E-state index contributed by atoms with van der Waals surface area (Å²) in [4.78, 5) is 15.0. The Morgan fingerprint density at radius 3 is 2.77 bits per heavy atom. The van der Waals surface area contributed by atoms with Gasteiger partial charge in [0.25, 0.3) is 0 Å². The fraction of sp³-hybridized carbons (Fsp3) is 0.217. The van der Waals surface area contributed by atoms with Crippen LogP contribution in [-0.4, -0.2) is 34.1 Å². The lowest BCUT2D eigenvalue weighted by atomic mass is 10.0. The number of aromatic amines is 1. The highest BCUT2D eigenvalue weighted by Gasteiger charge is 2.26. The van der Waals surface area contributed by atoms with Crippen LogP contribution in [0.4, 0.5) is 10.1 Å². The normalized spacial score (nSPS) is 16.5. The number of halogens is 2. The van der Waals surface area contributed by atoms with E-state index in [-0.39, 0.29) is 11.9 Å². The fourth-order valence-electron chi connectivity index (χ4n) is 4.18. The zero-order chi connectivity index (χ0) is 20.8. The molecule has 0 radical (unpaired) electrons. The summed E-state index contributed by atoms with van der Waals surface area (Å²) in [6.45, 7) is 3.57. The zero-order valence-corrected chi connectivity index (χ0v) is 17.2. The first kappa shape index (κ1) is 19.0. The minimum Gasteiger partial charge on any atom is -0.369 e. The number of imidazole rings is 1. The van der Waals surface area contributed by atoms with Crippen molar-refractivity contribution in [2.45, 2.75) is 19.4 Å². The molecule has 5 nitrogen and oxygen atoms in total. The summed E-state index contributed by atoms with van der Waals surface area (Å²) >= 11 is 6.15. The molecule has 1 fully saturated rings. The summed E-state index contributed by atoms with van der Waals surface area (Å²) in [5.41, 5.74) is 12.5. The Balaban J connectivity index is 1.75. The van der Waals surface area contributed by atoms with Crippen molar-refractivity contribution >= 4 is 28.3 Å². The second-order valence-electron chi connectivity index (χ2n) is 7.79. The number of anilines is 1. The topological polar surface area (TPSA) is 70.8 Å². The van der Waals surface area contributed by atoms with Gasteiger partial charge in [-0.1, -0.05) is 23.7 Å². The molecule has 2 aromatic carbocycles. The predicted octanol–water partition coefficient (Wildman–Crippen LogP) is 4.93. The van der Waals surface area contributed by atoms with Gasteiger partial charge in [0.2, 0.25) is 0 Å². The van der Waals surface area contributed by atoms with Gasteiger partial charge in [0.15, 0.2) is 0 Å². The second kappa shape index (κ2) is 7.38. The monoisotopic (exact) mass is 421 g/mol. The second-order valence-corrected chi connectivity index (χ2v) is 8.23. The molecule has 0 bridgehead atoms. The third-order valence-corrected chi connectivity index (χ3v) is 5.82. The van der Waals surface area contributed by atoms with Gasteiger partial charge in [-0.15, -0.1) is 0 Å². The van der Waals surface area contributed by atoms with Crippen molar-refractivity contribution in [1.29, 1.82) is 0 Å². The maximum atomic E-state index is 14.1. The average Bonchev–Trinajstić information content (AvgIpc) is 3.34. The van der Waals surface area contributed by atoms with Crippen LogP contribution in [0.5, 0.6) is 0 Å². The lowest BCUT2D eigenvalue weighted by molar-refractivity contribution is 0.628. The highest BCUT2D eigenvalue weighted by atomic mass is 35.5. The summed E-state index contributed by atoms with van der Waals surface area (Å²) in [6, 6.07) is 10.7.